The number of hydrogen-bond acceptors (Lipinski definition) is 4. The fourth-order valence-electron chi connectivity index (χ4n) is 3.67. The Hall–Kier alpha value is -2.60. The third kappa shape index (κ3) is 4.12. The summed E-state index contributed by atoms with van der Waals surface area (Å²) < 4.78 is 1.24. The lowest BCUT2D eigenvalue weighted by atomic mass is 10.1. The second kappa shape index (κ2) is 8.19. The molecular formula is C22H26N4OS. The topological polar surface area (TPSA) is 48.5 Å². The number of benzene rings is 2. The molecule has 0 aliphatic carbocycles. The average molecular weight is 395 g/mol. The van der Waals surface area contributed by atoms with E-state index < -0.39 is 0 Å². The summed E-state index contributed by atoms with van der Waals surface area (Å²) in [6.07, 6.45) is 0.858. The van der Waals surface area contributed by atoms with Crippen molar-refractivity contribution < 1.29 is 4.79 Å². The van der Waals surface area contributed by atoms with Crippen molar-refractivity contribution in [3.8, 4) is 0 Å². The molecule has 1 N–H and O–H groups in total. The van der Waals surface area contributed by atoms with Crippen molar-refractivity contribution in [1.82, 2.24) is 15.2 Å². The van der Waals surface area contributed by atoms with Crippen LogP contribution in [0.2, 0.25) is 0 Å². The number of piperazine rings is 1. The van der Waals surface area contributed by atoms with E-state index in [1.807, 2.05) is 23.1 Å². The van der Waals surface area contributed by atoms with Gasteiger partial charge in [0, 0.05) is 32.7 Å². The number of amides is 2. The lowest BCUT2D eigenvalue weighted by Gasteiger charge is -2.34. The predicted molar refractivity (Wildman–Crippen MR) is 116 cm³/mol. The minimum atomic E-state index is 0.0337. The van der Waals surface area contributed by atoms with Crippen LogP contribution in [-0.2, 0) is 6.42 Å². The van der Waals surface area contributed by atoms with Gasteiger partial charge in [0.25, 0.3) is 0 Å². The van der Waals surface area contributed by atoms with Gasteiger partial charge < -0.3 is 15.1 Å². The van der Waals surface area contributed by atoms with Crippen LogP contribution in [0.15, 0.2) is 42.5 Å². The molecule has 2 aromatic carbocycles. The van der Waals surface area contributed by atoms with Gasteiger partial charge in [0.15, 0.2) is 5.13 Å². The van der Waals surface area contributed by atoms with Gasteiger partial charge in [0.2, 0.25) is 0 Å². The van der Waals surface area contributed by atoms with Crippen molar-refractivity contribution in [3.63, 3.8) is 0 Å². The van der Waals surface area contributed by atoms with E-state index >= 15 is 0 Å². The SMILES string of the molecule is Cc1cc(C)c2nc(N3CCN(C(=O)NCCc4ccccc4)CC3)sc2c1. The number of hydrogen-bond donors (Lipinski definition) is 1. The molecule has 0 radical (unpaired) electrons. The van der Waals surface area contributed by atoms with Gasteiger partial charge in [-0.1, -0.05) is 47.7 Å². The maximum Gasteiger partial charge on any atom is 0.317 e. The molecular weight excluding hydrogens is 368 g/mol. The number of rotatable bonds is 4. The number of nitrogens with one attached hydrogen (secondary N) is 1. The molecule has 0 atom stereocenters. The van der Waals surface area contributed by atoms with Crippen molar-refractivity contribution in [3.05, 3.63) is 59.2 Å². The number of aromatic nitrogens is 1. The van der Waals surface area contributed by atoms with Crippen LogP contribution in [0.5, 0.6) is 0 Å². The lowest BCUT2D eigenvalue weighted by molar-refractivity contribution is 0.194. The van der Waals surface area contributed by atoms with E-state index in [-0.39, 0.29) is 6.03 Å². The van der Waals surface area contributed by atoms with E-state index in [2.05, 4.69) is 48.3 Å². The molecule has 0 bridgehead atoms. The smallest absolute Gasteiger partial charge is 0.317 e. The van der Waals surface area contributed by atoms with Crippen LogP contribution >= 0.6 is 11.3 Å². The van der Waals surface area contributed by atoms with Crippen molar-refractivity contribution in [2.75, 3.05) is 37.6 Å². The Balaban J connectivity index is 1.30. The highest BCUT2D eigenvalue weighted by molar-refractivity contribution is 7.22. The summed E-state index contributed by atoms with van der Waals surface area (Å²) in [5.74, 6) is 0. The summed E-state index contributed by atoms with van der Waals surface area (Å²) in [4.78, 5) is 21.5. The quantitative estimate of drug-likeness (QED) is 0.728. The second-order valence-corrected chi connectivity index (χ2v) is 8.38. The van der Waals surface area contributed by atoms with Gasteiger partial charge in [-0.05, 0) is 43.0 Å². The third-order valence-corrected chi connectivity index (χ3v) is 6.25. The molecule has 2 heterocycles. The molecule has 0 spiro atoms. The van der Waals surface area contributed by atoms with Gasteiger partial charge in [0.05, 0.1) is 10.2 Å². The van der Waals surface area contributed by atoms with Crippen LogP contribution in [-0.4, -0.2) is 48.6 Å². The summed E-state index contributed by atoms with van der Waals surface area (Å²) in [6.45, 7) is 8.02. The zero-order valence-corrected chi connectivity index (χ0v) is 17.3. The minimum absolute atomic E-state index is 0.0337. The number of aryl methyl sites for hydroxylation is 2. The molecule has 28 heavy (non-hydrogen) atoms. The maximum absolute atomic E-state index is 12.4. The van der Waals surface area contributed by atoms with Crippen molar-refractivity contribution in [2.45, 2.75) is 20.3 Å². The Labute approximate surface area is 170 Å². The fourth-order valence-corrected chi connectivity index (χ4v) is 4.86. The molecule has 6 heteroatoms. The molecule has 146 valence electrons. The normalized spacial score (nSPS) is 14.5. The van der Waals surface area contributed by atoms with Crippen LogP contribution in [0.25, 0.3) is 10.2 Å². The molecule has 0 unspecified atom stereocenters. The third-order valence-electron chi connectivity index (χ3n) is 5.19. The van der Waals surface area contributed by atoms with E-state index in [0.29, 0.717) is 6.54 Å². The summed E-state index contributed by atoms with van der Waals surface area (Å²) in [6, 6.07) is 14.7. The summed E-state index contributed by atoms with van der Waals surface area (Å²) in [7, 11) is 0. The highest BCUT2D eigenvalue weighted by Crippen LogP contribution is 2.32. The van der Waals surface area contributed by atoms with Gasteiger partial charge in [-0.15, -0.1) is 0 Å². The Morgan fingerprint density at radius 3 is 2.61 bits per heavy atom. The number of thiazole rings is 1. The van der Waals surface area contributed by atoms with Gasteiger partial charge >= 0.3 is 6.03 Å². The van der Waals surface area contributed by atoms with Gasteiger partial charge in [-0.2, -0.15) is 0 Å². The van der Waals surface area contributed by atoms with E-state index in [1.165, 1.54) is 21.4 Å². The average Bonchev–Trinajstić information content (AvgIpc) is 3.13. The van der Waals surface area contributed by atoms with Gasteiger partial charge in [0.1, 0.15) is 0 Å². The van der Waals surface area contributed by atoms with E-state index in [0.717, 1.165) is 43.2 Å². The first-order valence-corrected chi connectivity index (χ1v) is 10.6. The van der Waals surface area contributed by atoms with Crippen molar-refractivity contribution >= 4 is 32.7 Å². The largest absolute Gasteiger partial charge is 0.345 e. The number of urea groups is 1. The Kier molecular flexibility index (Phi) is 5.48. The minimum Gasteiger partial charge on any atom is -0.345 e. The lowest BCUT2D eigenvalue weighted by Crippen LogP contribution is -2.52. The predicted octanol–water partition coefficient (Wildman–Crippen LogP) is 3.99. The fraction of sp³-hybridized carbons (Fsp3) is 0.364. The second-order valence-electron chi connectivity index (χ2n) is 7.37. The molecule has 1 aliphatic heterocycles. The van der Waals surface area contributed by atoms with Crippen LogP contribution in [0.4, 0.5) is 9.93 Å². The van der Waals surface area contributed by atoms with E-state index in [4.69, 9.17) is 4.98 Å². The van der Waals surface area contributed by atoms with Crippen molar-refractivity contribution in [1.29, 1.82) is 0 Å². The summed E-state index contributed by atoms with van der Waals surface area (Å²) in [5.41, 5.74) is 4.85. The molecule has 1 aromatic heterocycles. The molecule has 4 rings (SSSR count). The molecule has 5 nitrogen and oxygen atoms in total. The first-order chi connectivity index (χ1) is 13.6. The number of carbonyl (C=O) groups excluding carboxylic acids is 1. The van der Waals surface area contributed by atoms with E-state index in [1.54, 1.807) is 11.3 Å². The van der Waals surface area contributed by atoms with Crippen LogP contribution in [0.3, 0.4) is 0 Å². The van der Waals surface area contributed by atoms with Crippen molar-refractivity contribution in [2.24, 2.45) is 0 Å². The Morgan fingerprint density at radius 2 is 1.86 bits per heavy atom. The number of fused-ring (bicyclic) bond motifs is 1. The summed E-state index contributed by atoms with van der Waals surface area (Å²) >= 11 is 1.75. The number of anilines is 1. The standard InChI is InChI=1S/C22H26N4OS/c1-16-14-17(2)20-19(15-16)28-22(24-20)26-12-10-25(11-13-26)21(27)23-9-8-18-6-4-3-5-7-18/h3-7,14-15H,8-13H2,1-2H3,(H,23,27). The Bertz CT molecular complexity index is 961. The molecule has 1 aliphatic rings. The number of nitrogens with zero attached hydrogens (tertiary/aromatic N) is 3. The molecule has 1 saturated heterocycles. The van der Waals surface area contributed by atoms with Crippen LogP contribution in [0, 0.1) is 13.8 Å². The molecule has 3 aromatic rings. The monoisotopic (exact) mass is 394 g/mol. The highest BCUT2D eigenvalue weighted by atomic mass is 32.1. The van der Waals surface area contributed by atoms with Gasteiger partial charge in [-0.25, -0.2) is 9.78 Å². The zero-order chi connectivity index (χ0) is 19.5. The molecule has 1 fully saturated rings. The van der Waals surface area contributed by atoms with Crippen LogP contribution in [0.1, 0.15) is 16.7 Å². The van der Waals surface area contributed by atoms with Crippen LogP contribution < -0.4 is 10.2 Å². The Morgan fingerprint density at radius 1 is 1.11 bits per heavy atom. The molecule has 0 saturated carbocycles. The molecule has 2 amide bonds. The van der Waals surface area contributed by atoms with E-state index in [9.17, 15) is 4.79 Å². The number of carbonyl (C=O) groups is 1. The summed E-state index contributed by atoms with van der Waals surface area (Å²) in [5, 5.41) is 4.11. The van der Waals surface area contributed by atoms with Gasteiger partial charge in [-0.3, -0.25) is 0 Å². The first kappa shape index (κ1) is 18.7. The first-order valence-electron chi connectivity index (χ1n) is 9.79. The zero-order valence-electron chi connectivity index (χ0n) is 16.4. The maximum atomic E-state index is 12.4. The highest BCUT2D eigenvalue weighted by Gasteiger charge is 2.23.